The van der Waals surface area contributed by atoms with Gasteiger partial charge in [0.2, 0.25) is 0 Å². The van der Waals surface area contributed by atoms with Crippen LogP contribution < -0.4 is 5.32 Å². The number of amides is 2. The maximum atomic E-state index is 12.8. The summed E-state index contributed by atoms with van der Waals surface area (Å²) < 4.78 is 11.3. The minimum absolute atomic E-state index is 0. The van der Waals surface area contributed by atoms with E-state index in [1.54, 1.807) is 4.90 Å². The fourth-order valence-electron chi connectivity index (χ4n) is 11.9. The summed E-state index contributed by atoms with van der Waals surface area (Å²) in [5.74, 6) is 2.57. The molecule has 4 fully saturated rings. The van der Waals surface area contributed by atoms with Crippen molar-refractivity contribution in [1.29, 1.82) is 0 Å². The molecule has 412 valence electrons. The van der Waals surface area contributed by atoms with Gasteiger partial charge >= 0.3 is 12.2 Å². The molecule has 12 rings (SSSR count). The predicted molar refractivity (Wildman–Crippen MR) is 319 cm³/mol. The van der Waals surface area contributed by atoms with Crippen LogP contribution in [0.25, 0.3) is 55.9 Å². The van der Waals surface area contributed by atoms with Crippen molar-refractivity contribution in [2.45, 2.75) is 154 Å². The number of ether oxygens (including phenoxy) is 2. The lowest BCUT2D eigenvalue weighted by atomic mass is 9.96. The number of aliphatic imine (C=N–C) groups is 2. The first-order valence-corrected chi connectivity index (χ1v) is 28.4. The molecule has 1 aliphatic carbocycles. The van der Waals surface area contributed by atoms with Crippen molar-refractivity contribution < 1.29 is 19.1 Å². The van der Waals surface area contributed by atoms with Crippen LogP contribution in [0.2, 0.25) is 0 Å². The summed E-state index contributed by atoms with van der Waals surface area (Å²) in [6.45, 7) is 13.8. The number of carbonyl (C=O) groups excluding carboxylic acids is 2. The average molecular weight is 1080 g/mol. The van der Waals surface area contributed by atoms with Crippen molar-refractivity contribution in [2.24, 2.45) is 9.98 Å². The van der Waals surface area contributed by atoms with E-state index < -0.39 is 11.2 Å². The molecule has 7 heterocycles. The minimum Gasteiger partial charge on any atom is -0.444 e. The zero-order valence-corrected chi connectivity index (χ0v) is 47.5. The smallest absolute Gasteiger partial charge is 0.410 e. The number of nitrogens with zero attached hydrogens (tertiary/aromatic N) is 6. The summed E-state index contributed by atoms with van der Waals surface area (Å²) in [7, 11) is 0. The Labute approximate surface area is 472 Å². The van der Waals surface area contributed by atoms with Crippen molar-refractivity contribution in [1.82, 2.24) is 35.1 Å². The van der Waals surface area contributed by atoms with Gasteiger partial charge in [-0.25, -0.2) is 19.6 Å². The number of halogens is 1. The quantitative estimate of drug-likeness (QED) is 0.123. The second-order valence-electron chi connectivity index (χ2n) is 23.9. The average Bonchev–Trinajstić information content (AvgIpc) is 4.40. The highest BCUT2D eigenvalue weighted by molar-refractivity contribution is 6.03. The van der Waals surface area contributed by atoms with E-state index in [-0.39, 0.29) is 36.7 Å². The van der Waals surface area contributed by atoms with E-state index in [1.165, 1.54) is 72.1 Å². The van der Waals surface area contributed by atoms with Crippen LogP contribution in [0.3, 0.4) is 0 Å². The molecule has 14 heteroatoms. The number of aromatic nitrogens is 4. The number of hydrogen-bond acceptors (Lipinski definition) is 9. The summed E-state index contributed by atoms with van der Waals surface area (Å²) in [5, 5.41) is 3.56. The van der Waals surface area contributed by atoms with Gasteiger partial charge in [0.15, 0.2) is 0 Å². The minimum atomic E-state index is -0.533. The number of hydrogen-bond donors (Lipinski definition) is 3. The SMILES string of the molecule is C1=C(c2ccc(-c3ccc(-c4cnc(C5CCCC5)[nH]4)cc3)cc2)CC([C@@H]2CCCN2)=N1.CC(C)(C)OC(=O)N1CCC[C@H]1C1=NC=C(c2ccc(-c3ccc(-c4cnc([C@@H]5CCCN5C(=O)OC(C)(C)C)[nH]4)cc3)cc2)C1.Cl. The highest BCUT2D eigenvalue weighted by Gasteiger charge is 2.37. The van der Waals surface area contributed by atoms with Crippen molar-refractivity contribution in [3.63, 3.8) is 0 Å². The molecule has 2 amide bonds. The Balaban J connectivity index is 0.000000187. The molecule has 2 aromatic heterocycles. The van der Waals surface area contributed by atoms with Gasteiger partial charge in [-0.05, 0) is 155 Å². The normalized spacial score (nSPS) is 20.3. The number of imidazole rings is 2. The standard InChI is InChI=1S/C37H45N5O4.C28H30N4.ClH/c1-36(2,3)45-34(43)41-19-7-9-31(41)29-21-28(22-38-29)26-13-11-24(12-14-26)25-15-17-27(18-16-25)30-23-39-33(40-30)32-10-8-20-42(32)35(44)46-37(4,5)6;1-2-5-23(4-1)28-31-18-27(32-28)22-13-11-20(12-14-22)19-7-9-21(10-8-19)24-16-26(30-17-24)25-6-3-15-29-25;/h11-18,22-23,31-32H,7-10,19-21H2,1-6H3,(H,39,40);7-14,17-18,23,25,29H,1-6,15-16H2,(H,31,32);1H/t31-,32-;25-;/m00./s1. The van der Waals surface area contributed by atoms with Crippen molar-refractivity contribution in [3.05, 3.63) is 145 Å². The van der Waals surface area contributed by atoms with Gasteiger partial charge in [0.1, 0.15) is 22.9 Å². The van der Waals surface area contributed by atoms with Gasteiger partial charge in [-0.3, -0.25) is 19.8 Å². The molecule has 13 nitrogen and oxygen atoms in total. The summed E-state index contributed by atoms with van der Waals surface area (Å²) >= 11 is 0. The molecule has 0 unspecified atom stereocenters. The molecule has 1 saturated carbocycles. The summed E-state index contributed by atoms with van der Waals surface area (Å²) in [4.78, 5) is 54.9. The van der Waals surface area contributed by atoms with Crippen LogP contribution in [0.1, 0.15) is 153 Å². The molecule has 79 heavy (non-hydrogen) atoms. The van der Waals surface area contributed by atoms with E-state index in [0.717, 1.165) is 102 Å². The molecule has 0 spiro atoms. The number of aromatic amines is 2. The second-order valence-corrected chi connectivity index (χ2v) is 23.9. The van der Waals surface area contributed by atoms with Crippen LogP contribution in [-0.2, 0) is 9.47 Å². The number of benzene rings is 4. The maximum absolute atomic E-state index is 12.8. The molecule has 3 saturated heterocycles. The zero-order chi connectivity index (χ0) is 54.0. The van der Waals surface area contributed by atoms with Gasteiger partial charge in [-0.2, -0.15) is 0 Å². The monoisotopic (exact) mass is 1080 g/mol. The lowest BCUT2D eigenvalue weighted by molar-refractivity contribution is 0.0216. The Hall–Kier alpha value is -7.09. The van der Waals surface area contributed by atoms with Gasteiger partial charge < -0.3 is 24.8 Å². The third-order valence-corrected chi connectivity index (χ3v) is 15.9. The number of likely N-dealkylation sites (tertiary alicyclic amines) is 2. The van der Waals surface area contributed by atoms with Gasteiger partial charge in [0.25, 0.3) is 0 Å². The molecule has 0 radical (unpaired) electrons. The number of carbonyl (C=O) groups is 2. The number of H-pyrrole nitrogens is 2. The topological polar surface area (TPSA) is 153 Å². The van der Waals surface area contributed by atoms with Crippen LogP contribution in [-0.4, -0.2) is 96.3 Å². The van der Waals surface area contributed by atoms with Crippen LogP contribution >= 0.6 is 12.4 Å². The maximum Gasteiger partial charge on any atom is 0.410 e. The highest BCUT2D eigenvalue weighted by Crippen LogP contribution is 2.37. The van der Waals surface area contributed by atoms with Crippen LogP contribution in [0, 0.1) is 0 Å². The number of nitrogens with one attached hydrogen (secondary N) is 3. The van der Waals surface area contributed by atoms with Crippen LogP contribution in [0.15, 0.2) is 132 Å². The molecule has 5 aliphatic heterocycles. The van der Waals surface area contributed by atoms with E-state index in [2.05, 4.69) is 129 Å². The first-order chi connectivity index (χ1) is 37.7. The van der Waals surface area contributed by atoms with Crippen molar-refractivity contribution >= 4 is 47.2 Å². The third kappa shape index (κ3) is 13.0. The van der Waals surface area contributed by atoms with E-state index >= 15 is 0 Å². The summed E-state index contributed by atoms with van der Waals surface area (Å²) in [6.07, 6.45) is 20.3. The first kappa shape index (κ1) is 55.2. The molecule has 6 aliphatic rings. The fraction of sp³-hybridized carbons (Fsp3) is 0.415. The highest BCUT2D eigenvalue weighted by atomic mass is 35.5. The molecule has 3 atom stereocenters. The third-order valence-electron chi connectivity index (χ3n) is 15.9. The molecule has 0 bridgehead atoms. The van der Waals surface area contributed by atoms with Crippen LogP contribution in [0.5, 0.6) is 0 Å². The lowest BCUT2D eigenvalue weighted by Gasteiger charge is -2.28. The number of allylic oxidation sites excluding steroid dienone is 2. The Morgan fingerprint density at radius 3 is 1.39 bits per heavy atom. The van der Waals surface area contributed by atoms with Gasteiger partial charge in [-0.15, -0.1) is 12.4 Å². The summed E-state index contributed by atoms with van der Waals surface area (Å²) in [6, 6.07) is 35.1. The largest absolute Gasteiger partial charge is 0.444 e. The molecular formula is C65H76ClN9O4. The van der Waals surface area contributed by atoms with E-state index in [0.29, 0.717) is 25.0 Å². The van der Waals surface area contributed by atoms with Crippen molar-refractivity contribution in [2.75, 3.05) is 19.6 Å². The van der Waals surface area contributed by atoms with Gasteiger partial charge in [0, 0.05) is 61.7 Å². The molecular weight excluding hydrogens is 1010 g/mol. The Kier molecular flexibility index (Phi) is 16.6. The van der Waals surface area contributed by atoms with E-state index in [1.807, 2.05) is 65.0 Å². The summed E-state index contributed by atoms with van der Waals surface area (Å²) in [5.41, 5.74) is 15.2. The zero-order valence-electron chi connectivity index (χ0n) is 46.7. The van der Waals surface area contributed by atoms with Crippen LogP contribution in [0.4, 0.5) is 9.59 Å². The van der Waals surface area contributed by atoms with E-state index in [4.69, 9.17) is 19.5 Å². The van der Waals surface area contributed by atoms with Gasteiger partial charge in [-0.1, -0.05) is 110 Å². The second kappa shape index (κ2) is 23.7. The Morgan fingerprint density at radius 1 is 0.494 bits per heavy atom. The molecule has 3 N–H and O–H groups in total. The number of rotatable bonds is 10. The van der Waals surface area contributed by atoms with E-state index in [9.17, 15) is 9.59 Å². The lowest BCUT2D eigenvalue weighted by Crippen LogP contribution is -2.43. The molecule has 6 aromatic rings. The Bertz CT molecular complexity index is 3220. The first-order valence-electron chi connectivity index (χ1n) is 28.4. The Morgan fingerprint density at radius 2 is 0.911 bits per heavy atom. The fourth-order valence-corrected chi connectivity index (χ4v) is 11.9. The van der Waals surface area contributed by atoms with Gasteiger partial charge in [0.05, 0.1) is 35.9 Å². The molecule has 4 aromatic carbocycles. The van der Waals surface area contributed by atoms with Crippen molar-refractivity contribution in [3.8, 4) is 44.8 Å². The predicted octanol–water partition coefficient (Wildman–Crippen LogP) is 15.2.